The minimum absolute atomic E-state index is 0.0247. The van der Waals surface area contributed by atoms with Crippen LogP contribution in [0.1, 0.15) is 42.6 Å². The van der Waals surface area contributed by atoms with E-state index in [9.17, 15) is 13.2 Å². The molecule has 0 bridgehead atoms. The van der Waals surface area contributed by atoms with Gasteiger partial charge in [0.05, 0.1) is 5.69 Å². The summed E-state index contributed by atoms with van der Waals surface area (Å²) >= 11 is 0. The lowest BCUT2D eigenvalue weighted by Crippen LogP contribution is -2.20. The lowest BCUT2D eigenvalue weighted by Gasteiger charge is -2.20. The fourth-order valence-electron chi connectivity index (χ4n) is 2.56. The number of Topliss-reactive ketones (excluding diaryl/α,β-unsaturated/α-hetero) is 1. The molecule has 6 heteroatoms. The van der Waals surface area contributed by atoms with Crippen LogP contribution in [0.3, 0.4) is 0 Å². The van der Waals surface area contributed by atoms with E-state index in [4.69, 9.17) is 10.7 Å². The number of ketones is 1. The summed E-state index contributed by atoms with van der Waals surface area (Å²) in [7, 11) is 3.07. The molecule has 0 atom stereocenters. The van der Waals surface area contributed by atoms with Crippen molar-refractivity contribution in [1.82, 2.24) is 4.57 Å². The molecule has 18 heavy (non-hydrogen) atoms. The van der Waals surface area contributed by atoms with Gasteiger partial charge >= 0.3 is 0 Å². The molecule has 1 aliphatic rings. The molecule has 1 aromatic rings. The van der Waals surface area contributed by atoms with Crippen LogP contribution in [0.2, 0.25) is 0 Å². The Bertz CT molecular complexity index is 556. The van der Waals surface area contributed by atoms with E-state index in [0.29, 0.717) is 5.69 Å². The van der Waals surface area contributed by atoms with Gasteiger partial charge in [-0.2, -0.15) is 0 Å². The summed E-state index contributed by atoms with van der Waals surface area (Å²) in [5.74, 6) is 0.0574. The molecule has 100 valence electrons. The summed E-state index contributed by atoms with van der Waals surface area (Å²) in [4.78, 5) is 12.3. The van der Waals surface area contributed by atoms with E-state index in [1.807, 2.05) is 0 Å². The highest BCUT2D eigenvalue weighted by Gasteiger charge is 2.26. The van der Waals surface area contributed by atoms with Gasteiger partial charge in [-0.25, -0.2) is 8.42 Å². The summed E-state index contributed by atoms with van der Waals surface area (Å²) in [6.45, 7) is 0. The molecule has 0 N–H and O–H groups in total. The quantitative estimate of drug-likeness (QED) is 0.635. The second-order valence-electron chi connectivity index (χ2n) is 4.75. The molecular weight excluding hydrogens is 274 g/mol. The molecule has 0 spiro atoms. The first-order valence-corrected chi connectivity index (χ1v) is 8.37. The van der Waals surface area contributed by atoms with Gasteiger partial charge in [-0.05, 0) is 25.0 Å². The van der Waals surface area contributed by atoms with Crippen molar-refractivity contribution in [2.45, 2.75) is 37.1 Å². The van der Waals surface area contributed by atoms with Crippen LogP contribution in [-0.2, 0) is 16.1 Å². The number of carbonyl (C=O) groups excluding carboxylic acids is 1. The number of aromatic nitrogens is 1. The van der Waals surface area contributed by atoms with E-state index in [0.717, 1.165) is 25.7 Å². The van der Waals surface area contributed by atoms with Crippen LogP contribution in [0.5, 0.6) is 0 Å². The van der Waals surface area contributed by atoms with Gasteiger partial charge in [-0.1, -0.05) is 19.3 Å². The maximum Gasteiger partial charge on any atom is 0.276 e. The lowest BCUT2D eigenvalue weighted by molar-refractivity contribution is 0.0880. The smallest absolute Gasteiger partial charge is 0.276 e. The molecule has 0 saturated heterocycles. The van der Waals surface area contributed by atoms with E-state index in [1.165, 1.54) is 17.1 Å². The molecule has 0 amide bonds. The van der Waals surface area contributed by atoms with Crippen LogP contribution in [0.15, 0.2) is 17.2 Å². The van der Waals surface area contributed by atoms with Crippen LogP contribution >= 0.6 is 10.7 Å². The van der Waals surface area contributed by atoms with E-state index < -0.39 is 9.05 Å². The maximum absolute atomic E-state index is 12.3. The van der Waals surface area contributed by atoms with E-state index in [2.05, 4.69) is 0 Å². The van der Waals surface area contributed by atoms with E-state index in [-0.39, 0.29) is 16.7 Å². The highest BCUT2D eigenvalue weighted by atomic mass is 35.7. The SMILES string of the molecule is Cn1c(C(=O)C2CCCCC2)ccc1S(=O)(=O)Cl. The number of halogens is 1. The van der Waals surface area contributed by atoms with Gasteiger partial charge in [0.1, 0.15) is 0 Å². The molecule has 1 aliphatic carbocycles. The summed E-state index contributed by atoms with van der Waals surface area (Å²) < 4.78 is 24.0. The zero-order valence-corrected chi connectivity index (χ0v) is 11.8. The van der Waals surface area contributed by atoms with Crippen LogP contribution in [0, 0.1) is 5.92 Å². The van der Waals surface area contributed by atoms with Gasteiger partial charge in [0, 0.05) is 23.6 Å². The van der Waals surface area contributed by atoms with Crippen molar-refractivity contribution in [3.05, 3.63) is 17.8 Å². The molecular formula is C12H16ClNO3S. The molecule has 0 radical (unpaired) electrons. The minimum atomic E-state index is -3.79. The number of nitrogens with zero attached hydrogens (tertiary/aromatic N) is 1. The Morgan fingerprint density at radius 1 is 1.28 bits per heavy atom. The third-order valence-electron chi connectivity index (χ3n) is 3.55. The van der Waals surface area contributed by atoms with Gasteiger partial charge in [0.25, 0.3) is 9.05 Å². The molecule has 1 saturated carbocycles. The molecule has 0 aliphatic heterocycles. The monoisotopic (exact) mass is 289 g/mol. The fourth-order valence-corrected chi connectivity index (χ4v) is 3.68. The van der Waals surface area contributed by atoms with Gasteiger partial charge in [0.2, 0.25) is 0 Å². The van der Waals surface area contributed by atoms with E-state index in [1.54, 1.807) is 13.1 Å². The highest BCUT2D eigenvalue weighted by molar-refractivity contribution is 8.13. The Kier molecular flexibility index (Phi) is 3.82. The van der Waals surface area contributed by atoms with Crippen LogP contribution in [-0.4, -0.2) is 18.8 Å². The molecule has 1 heterocycles. The van der Waals surface area contributed by atoms with Crippen LogP contribution in [0.25, 0.3) is 0 Å². The topological polar surface area (TPSA) is 56.1 Å². The van der Waals surface area contributed by atoms with Crippen molar-refractivity contribution in [3.63, 3.8) is 0 Å². The Labute approximate surface area is 111 Å². The number of hydrogen-bond donors (Lipinski definition) is 0. The maximum atomic E-state index is 12.3. The fraction of sp³-hybridized carbons (Fsp3) is 0.583. The van der Waals surface area contributed by atoms with Gasteiger partial charge in [-0.3, -0.25) is 4.79 Å². The van der Waals surface area contributed by atoms with Crippen molar-refractivity contribution in [3.8, 4) is 0 Å². The molecule has 4 nitrogen and oxygen atoms in total. The first kappa shape index (κ1) is 13.6. The second-order valence-corrected chi connectivity index (χ2v) is 7.27. The highest BCUT2D eigenvalue weighted by Crippen LogP contribution is 2.28. The minimum Gasteiger partial charge on any atom is -0.331 e. The molecule has 0 aromatic carbocycles. The Morgan fingerprint density at radius 3 is 2.39 bits per heavy atom. The summed E-state index contributed by atoms with van der Waals surface area (Å²) in [5, 5.41) is -0.0247. The summed E-state index contributed by atoms with van der Waals surface area (Å²) in [6.07, 6.45) is 5.11. The van der Waals surface area contributed by atoms with Crippen LogP contribution < -0.4 is 0 Å². The number of hydrogen-bond acceptors (Lipinski definition) is 3. The summed E-state index contributed by atoms with van der Waals surface area (Å²) in [5.41, 5.74) is 0.432. The summed E-state index contributed by atoms with van der Waals surface area (Å²) in [6, 6.07) is 2.94. The Balaban J connectivity index is 2.29. The number of carbonyl (C=O) groups is 1. The van der Waals surface area contributed by atoms with Crippen molar-refractivity contribution in [2.24, 2.45) is 13.0 Å². The average Bonchev–Trinajstić information content (AvgIpc) is 2.71. The Morgan fingerprint density at radius 2 is 1.89 bits per heavy atom. The molecule has 1 aromatic heterocycles. The van der Waals surface area contributed by atoms with Crippen molar-refractivity contribution in [1.29, 1.82) is 0 Å². The van der Waals surface area contributed by atoms with Crippen molar-refractivity contribution in [2.75, 3.05) is 0 Å². The molecule has 0 unspecified atom stereocenters. The zero-order chi connectivity index (χ0) is 13.3. The normalized spacial score (nSPS) is 17.9. The van der Waals surface area contributed by atoms with Crippen molar-refractivity contribution < 1.29 is 13.2 Å². The van der Waals surface area contributed by atoms with Gasteiger partial charge in [-0.15, -0.1) is 0 Å². The number of rotatable bonds is 3. The second kappa shape index (κ2) is 5.05. The first-order chi connectivity index (χ1) is 8.41. The molecule has 1 fully saturated rings. The third-order valence-corrected chi connectivity index (χ3v) is 4.94. The van der Waals surface area contributed by atoms with Gasteiger partial charge in [0.15, 0.2) is 10.8 Å². The first-order valence-electron chi connectivity index (χ1n) is 6.06. The largest absolute Gasteiger partial charge is 0.331 e. The lowest BCUT2D eigenvalue weighted by atomic mass is 9.85. The molecule has 2 rings (SSSR count). The predicted octanol–water partition coefficient (Wildman–Crippen LogP) is 2.72. The average molecular weight is 290 g/mol. The third kappa shape index (κ3) is 2.62. The Hall–Kier alpha value is -0.810. The van der Waals surface area contributed by atoms with E-state index >= 15 is 0 Å². The predicted molar refractivity (Wildman–Crippen MR) is 69.4 cm³/mol. The van der Waals surface area contributed by atoms with Gasteiger partial charge < -0.3 is 4.57 Å². The van der Waals surface area contributed by atoms with Crippen molar-refractivity contribution >= 4 is 25.5 Å². The zero-order valence-electron chi connectivity index (χ0n) is 10.2. The van der Waals surface area contributed by atoms with Crippen LogP contribution in [0.4, 0.5) is 0 Å². The standard InChI is InChI=1S/C12H16ClNO3S/c1-14-10(7-8-11(14)18(13,16)17)12(15)9-5-3-2-4-6-9/h7-9H,2-6H2,1H3.